The summed E-state index contributed by atoms with van der Waals surface area (Å²) in [5.74, 6) is 1.60. The second-order valence-electron chi connectivity index (χ2n) is 6.10. The van der Waals surface area contributed by atoms with Crippen LogP contribution >= 0.6 is 11.3 Å². The third-order valence-corrected chi connectivity index (χ3v) is 5.61. The number of aryl methyl sites for hydroxylation is 2. The lowest BCUT2D eigenvalue weighted by Gasteiger charge is -2.21. The number of nitrogens with zero attached hydrogens (tertiary/aromatic N) is 2. The highest BCUT2D eigenvalue weighted by molar-refractivity contribution is 7.15. The minimum atomic E-state index is -0.138. The number of anilines is 1. The zero-order chi connectivity index (χ0) is 17.2. The molecule has 1 aromatic heterocycles. The van der Waals surface area contributed by atoms with E-state index in [4.69, 9.17) is 14.2 Å². The van der Waals surface area contributed by atoms with Gasteiger partial charge in [-0.05, 0) is 37.8 Å². The molecule has 2 aliphatic rings. The molecule has 0 spiro atoms. The van der Waals surface area contributed by atoms with Crippen molar-refractivity contribution in [1.82, 2.24) is 4.98 Å². The summed E-state index contributed by atoms with van der Waals surface area (Å²) in [5.41, 5.74) is 1.15. The average Bonchev–Trinajstić information content (AvgIpc) is 3.09. The normalized spacial score (nSPS) is 15.4. The Labute approximate surface area is 150 Å². The van der Waals surface area contributed by atoms with Crippen molar-refractivity contribution >= 4 is 22.4 Å². The summed E-state index contributed by atoms with van der Waals surface area (Å²) in [6.07, 6.45) is 4.46. The highest BCUT2D eigenvalue weighted by Crippen LogP contribution is 2.39. The predicted octanol–water partition coefficient (Wildman–Crippen LogP) is 2.83. The summed E-state index contributed by atoms with van der Waals surface area (Å²) in [6, 6.07) is 5.43. The van der Waals surface area contributed by atoms with Gasteiger partial charge in [0.25, 0.3) is 5.91 Å². The minimum absolute atomic E-state index is 0.0689. The number of carbonyl (C=O) groups excluding carboxylic acids is 1. The van der Waals surface area contributed by atoms with Crippen LogP contribution in [0, 0.1) is 0 Å². The van der Waals surface area contributed by atoms with Crippen LogP contribution in [0.4, 0.5) is 5.13 Å². The van der Waals surface area contributed by atoms with E-state index < -0.39 is 0 Å². The van der Waals surface area contributed by atoms with Gasteiger partial charge in [-0.3, -0.25) is 9.69 Å². The van der Waals surface area contributed by atoms with Gasteiger partial charge in [0, 0.05) is 11.9 Å². The maximum Gasteiger partial charge on any atom is 0.266 e. The minimum Gasteiger partial charge on any atom is -0.486 e. The molecule has 7 heteroatoms. The first kappa shape index (κ1) is 16.2. The summed E-state index contributed by atoms with van der Waals surface area (Å²) in [7, 11) is 1.75. The fourth-order valence-electron chi connectivity index (χ4n) is 2.99. The van der Waals surface area contributed by atoms with E-state index in [1.165, 1.54) is 17.7 Å². The van der Waals surface area contributed by atoms with E-state index in [0.29, 0.717) is 30.5 Å². The smallest absolute Gasteiger partial charge is 0.266 e. The van der Waals surface area contributed by atoms with Crippen LogP contribution < -0.4 is 19.1 Å². The lowest BCUT2D eigenvalue weighted by atomic mass is 10.0. The van der Waals surface area contributed by atoms with Crippen LogP contribution in [0.1, 0.15) is 23.4 Å². The number of benzene rings is 1. The Morgan fingerprint density at radius 1 is 1.28 bits per heavy atom. The van der Waals surface area contributed by atoms with Gasteiger partial charge in [-0.15, -0.1) is 11.3 Å². The molecular formula is C18H20N2O4S. The Hall–Kier alpha value is -2.28. The monoisotopic (exact) mass is 360 g/mol. The molecule has 6 nitrogen and oxygen atoms in total. The Kier molecular flexibility index (Phi) is 4.48. The van der Waals surface area contributed by atoms with Gasteiger partial charge in [0.2, 0.25) is 5.75 Å². The van der Waals surface area contributed by atoms with Crippen molar-refractivity contribution in [2.45, 2.75) is 25.7 Å². The molecule has 2 aromatic rings. The van der Waals surface area contributed by atoms with Crippen LogP contribution in [0.5, 0.6) is 17.2 Å². The van der Waals surface area contributed by atoms with Gasteiger partial charge < -0.3 is 14.2 Å². The number of fused-ring (bicyclic) bond motifs is 2. The van der Waals surface area contributed by atoms with Crippen LogP contribution in [-0.2, 0) is 17.6 Å². The van der Waals surface area contributed by atoms with E-state index in [1.807, 2.05) is 12.1 Å². The Balaban J connectivity index is 1.43. The number of ether oxygens (including phenoxy) is 3. The van der Waals surface area contributed by atoms with Crippen molar-refractivity contribution in [3.63, 3.8) is 0 Å². The van der Waals surface area contributed by atoms with Crippen LogP contribution in [0.3, 0.4) is 0 Å². The molecule has 0 atom stereocenters. The molecule has 0 saturated heterocycles. The highest BCUT2D eigenvalue weighted by atomic mass is 32.1. The standard InChI is InChI=1S/C18H20N2O4S/c1-20(18-19-12-5-2-3-8-15(12)25-18)16(21)11-24-14-7-4-6-13-17(14)23-10-9-22-13/h4,6-7H,2-3,5,8-11H2,1H3. The quantitative estimate of drug-likeness (QED) is 0.839. The summed E-state index contributed by atoms with van der Waals surface area (Å²) in [4.78, 5) is 20.0. The summed E-state index contributed by atoms with van der Waals surface area (Å²) in [6.45, 7) is 0.930. The number of rotatable bonds is 4. The van der Waals surface area contributed by atoms with Crippen molar-refractivity contribution < 1.29 is 19.0 Å². The molecule has 1 amide bonds. The van der Waals surface area contributed by atoms with E-state index in [0.717, 1.165) is 23.7 Å². The molecule has 1 aliphatic carbocycles. The molecule has 0 bridgehead atoms. The summed E-state index contributed by atoms with van der Waals surface area (Å²) < 4.78 is 16.8. The molecule has 0 saturated carbocycles. The van der Waals surface area contributed by atoms with Crippen molar-refractivity contribution in [3.8, 4) is 17.2 Å². The van der Waals surface area contributed by atoms with Gasteiger partial charge in [-0.2, -0.15) is 0 Å². The highest BCUT2D eigenvalue weighted by Gasteiger charge is 2.22. The van der Waals surface area contributed by atoms with E-state index in [2.05, 4.69) is 4.98 Å². The Bertz CT molecular complexity index is 766. The van der Waals surface area contributed by atoms with E-state index in [9.17, 15) is 4.79 Å². The average molecular weight is 360 g/mol. The number of hydrogen-bond acceptors (Lipinski definition) is 6. The molecule has 0 unspecified atom stereocenters. The van der Waals surface area contributed by atoms with Crippen LogP contribution in [0.25, 0.3) is 0 Å². The van der Waals surface area contributed by atoms with Crippen LogP contribution in [0.15, 0.2) is 18.2 Å². The predicted molar refractivity (Wildman–Crippen MR) is 95.1 cm³/mol. The fraction of sp³-hybridized carbons (Fsp3) is 0.444. The third kappa shape index (κ3) is 3.28. The van der Waals surface area contributed by atoms with Gasteiger partial charge in [-0.25, -0.2) is 4.98 Å². The molecule has 1 aromatic carbocycles. The number of hydrogen-bond donors (Lipinski definition) is 0. The molecule has 1 aliphatic heterocycles. The zero-order valence-electron chi connectivity index (χ0n) is 14.1. The largest absolute Gasteiger partial charge is 0.486 e. The first-order chi connectivity index (χ1) is 12.2. The maximum atomic E-state index is 12.5. The maximum absolute atomic E-state index is 12.5. The van der Waals surface area contributed by atoms with Crippen molar-refractivity contribution in [2.24, 2.45) is 0 Å². The number of para-hydroxylation sites is 1. The van der Waals surface area contributed by atoms with E-state index in [1.54, 1.807) is 29.4 Å². The second kappa shape index (κ2) is 6.92. The number of thiazole rings is 1. The van der Waals surface area contributed by atoms with Gasteiger partial charge >= 0.3 is 0 Å². The SMILES string of the molecule is CN(C(=O)COc1cccc2c1OCCO2)c1nc2c(s1)CCCC2. The first-order valence-electron chi connectivity index (χ1n) is 8.49. The van der Waals surface area contributed by atoms with Crippen LogP contribution in [0.2, 0.25) is 0 Å². The molecule has 2 heterocycles. The van der Waals surface area contributed by atoms with Gasteiger partial charge in [0.05, 0.1) is 5.69 Å². The number of carbonyl (C=O) groups is 1. The molecule has 0 N–H and O–H groups in total. The van der Waals surface area contributed by atoms with Gasteiger partial charge in [-0.1, -0.05) is 6.07 Å². The summed E-state index contributed by atoms with van der Waals surface area (Å²) in [5, 5.41) is 0.746. The van der Waals surface area contributed by atoms with E-state index in [-0.39, 0.29) is 12.5 Å². The topological polar surface area (TPSA) is 60.9 Å². The molecule has 4 rings (SSSR count). The Morgan fingerprint density at radius 3 is 3.00 bits per heavy atom. The van der Waals surface area contributed by atoms with Crippen molar-refractivity contribution in [1.29, 1.82) is 0 Å². The van der Waals surface area contributed by atoms with E-state index >= 15 is 0 Å². The number of amides is 1. The number of likely N-dealkylation sites (N-methyl/N-ethyl adjacent to an activating group) is 1. The van der Waals surface area contributed by atoms with Gasteiger partial charge in [0.1, 0.15) is 13.2 Å². The zero-order valence-corrected chi connectivity index (χ0v) is 14.9. The molecule has 132 valence electrons. The second-order valence-corrected chi connectivity index (χ2v) is 7.16. The number of aromatic nitrogens is 1. The lowest BCUT2D eigenvalue weighted by Crippen LogP contribution is -2.31. The lowest BCUT2D eigenvalue weighted by molar-refractivity contribution is -0.120. The van der Waals surface area contributed by atoms with Gasteiger partial charge in [0.15, 0.2) is 23.2 Å². The molecule has 25 heavy (non-hydrogen) atoms. The first-order valence-corrected chi connectivity index (χ1v) is 9.30. The molecule has 0 fully saturated rings. The van der Waals surface area contributed by atoms with Crippen molar-refractivity contribution in [2.75, 3.05) is 31.8 Å². The fourth-order valence-corrected chi connectivity index (χ4v) is 4.11. The Morgan fingerprint density at radius 2 is 2.12 bits per heavy atom. The molecule has 0 radical (unpaired) electrons. The van der Waals surface area contributed by atoms with Crippen LogP contribution in [-0.4, -0.2) is 37.8 Å². The summed E-state index contributed by atoms with van der Waals surface area (Å²) >= 11 is 1.61. The third-order valence-electron chi connectivity index (χ3n) is 4.38. The van der Waals surface area contributed by atoms with Crippen molar-refractivity contribution in [3.05, 3.63) is 28.8 Å². The molecular weight excluding hydrogens is 340 g/mol.